The van der Waals surface area contributed by atoms with Crippen LogP contribution in [-0.4, -0.2) is 6.04 Å². The van der Waals surface area contributed by atoms with Crippen molar-refractivity contribution in [3.05, 3.63) is 34.6 Å². The van der Waals surface area contributed by atoms with Gasteiger partial charge in [-0.3, -0.25) is 0 Å². The quantitative estimate of drug-likeness (QED) is 0.666. The number of hydrogen-bond acceptors (Lipinski definition) is 1. The Labute approximate surface area is 121 Å². The summed E-state index contributed by atoms with van der Waals surface area (Å²) in [6, 6.07) is 5.30. The van der Waals surface area contributed by atoms with E-state index in [1.54, 1.807) is 6.07 Å². The van der Waals surface area contributed by atoms with E-state index in [-0.39, 0.29) is 11.9 Å². The molecule has 1 rings (SSSR count). The predicted octanol–water partition coefficient (Wildman–Crippen LogP) is 5.49. The monoisotopic (exact) mass is 285 g/mol. The lowest BCUT2D eigenvalue weighted by molar-refractivity contribution is 0.396. The van der Waals surface area contributed by atoms with Gasteiger partial charge in [0.05, 0.1) is 0 Å². The van der Waals surface area contributed by atoms with E-state index in [2.05, 4.69) is 26.1 Å². The Balaban J connectivity index is 2.66. The van der Waals surface area contributed by atoms with Gasteiger partial charge in [0.2, 0.25) is 0 Å². The highest BCUT2D eigenvalue weighted by Crippen LogP contribution is 2.25. The Bertz CT molecular complexity index is 381. The summed E-state index contributed by atoms with van der Waals surface area (Å²) in [5.74, 6) is -0.281. The summed E-state index contributed by atoms with van der Waals surface area (Å²) in [6.07, 6.45) is 5.98. The van der Waals surface area contributed by atoms with E-state index >= 15 is 0 Å². The van der Waals surface area contributed by atoms with Gasteiger partial charge in [0.15, 0.2) is 0 Å². The minimum absolute atomic E-state index is 0.154. The van der Waals surface area contributed by atoms with E-state index in [1.165, 1.54) is 44.2 Å². The normalized spacial score (nSPS) is 14.4. The van der Waals surface area contributed by atoms with E-state index in [4.69, 9.17) is 11.6 Å². The molecule has 0 bridgehead atoms. The molecule has 0 amide bonds. The van der Waals surface area contributed by atoms with Crippen LogP contribution in [0.3, 0.4) is 0 Å². The molecule has 0 aromatic heterocycles. The maximum absolute atomic E-state index is 13.1. The molecule has 1 aromatic carbocycles. The van der Waals surface area contributed by atoms with Crippen molar-refractivity contribution in [3.8, 4) is 0 Å². The van der Waals surface area contributed by atoms with Crippen molar-refractivity contribution in [1.29, 1.82) is 0 Å². The highest BCUT2D eigenvalue weighted by atomic mass is 35.5. The number of rotatable bonds is 8. The fraction of sp³-hybridized carbons (Fsp3) is 0.625. The third-order valence-electron chi connectivity index (χ3n) is 3.46. The van der Waals surface area contributed by atoms with Crippen LogP contribution < -0.4 is 5.32 Å². The zero-order chi connectivity index (χ0) is 14.3. The Kier molecular flexibility index (Phi) is 7.40. The van der Waals surface area contributed by atoms with Gasteiger partial charge in [-0.25, -0.2) is 4.39 Å². The van der Waals surface area contributed by atoms with Crippen molar-refractivity contribution in [2.24, 2.45) is 0 Å². The van der Waals surface area contributed by atoms with Crippen LogP contribution in [0.15, 0.2) is 18.2 Å². The van der Waals surface area contributed by atoms with E-state index in [0.29, 0.717) is 11.1 Å². The Hall–Kier alpha value is -0.600. The molecular weight excluding hydrogens is 261 g/mol. The molecule has 2 unspecified atom stereocenters. The maximum Gasteiger partial charge on any atom is 0.124 e. The predicted molar refractivity (Wildman–Crippen MR) is 81.2 cm³/mol. The molecule has 108 valence electrons. The van der Waals surface area contributed by atoms with Crippen LogP contribution in [0.25, 0.3) is 0 Å². The van der Waals surface area contributed by atoms with Gasteiger partial charge in [-0.2, -0.15) is 0 Å². The molecule has 0 saturated carbocycles. The Morgan fingerprint density at radius 1 is 1.21 bits per heavy atom. The van der Waals surface area contributed by atoms with Crippen LogP contribution in [0.1, 0.15) is 64.5 Å². The van der Waals surface area contributed by atoms with Gasteiger partial charge in [-0.15, -0.1) is 0 Å². The molecule has 19 heavy (non-hydrogen) atoms. The molecule has 0 aliphatic carbocycles. The van der Waals surface area contributed by atoms with Crippen LogP contribution in [-0.2, 0) is 0 Å². The smallest absolute Gasteiger partial charge is 0.124 e. The van der Waals surface area contributed by atoms with Crippen LogP contribution >= 0.6 is 11.6 Å². The van der Waals surface area contributed by atoms with Gasteiger partial charge in [-0.05, 0) is 37.5 Å². The zero-order valence-corrected chi connectivity index (χ0v) is 12.9. The molecule has 1 nitrogen and oxygen atoms in total. The molecule has 1 aromatic rings. The molecule has 1 N–H and O–H groups in total. The molecular formula is C16H25ClFN. The molecule has 0 radical (unpaired) electrons. The highest BCUT2D eigenvalue weighted by Gasteiger charge is 2.15. The third-order valence-corrected chi connectivity index (χ3v) is 3.79. The van der Waals surface area contributed by atoms with Gasteiger partial charge in [0, 0.05) is 17.1 Å². The molecule has 3 heteroatoms. The van der Waals surface area contributed by atoms with E-state index in [0.717, 1.165) is 5.56 Å². The molecule has 0 aliphatic rings. The van der Waals surface area contributed by atoms with Crippen molar-refractivity contribution in [3.63, 3.8) is 0 Å². The van der Waals surface area contributed by atoms with E-state index in [1.807, 2.05) is 0 Å². The summed E-state index contributed by atoms with van der Waals surface area (Å²) in [4.78, 5) is 0. The average molecular weight is 286 g/mol. The van der Waals surface area contributed by atoms with Gasteiger partial charge >= 0.3 is 0 Å². The number of halogens is 2. The first kappa shape index (κ1) is 16.5. The minimum Gasteiger partial charge on any atom is -0.307 e. The summed E-state index contributed by atoms with van der Waals surface area (Å²) in [5, 5.41) is 4.13. The first-order valence-corrected chi connectivity index (χ1v) is 7.67. The second-order valence-corrected chi connectivity index (χ2v) is 5.59. The molecule has 0 spiro atoms. The lowest BCUT2D eigenvalue weighted by atomic mass is 10.0. The largest absolute Gasteiger partial charge is 0.307 e. The number of benzene rings is 1. The Morgan fingerprint density at radius 2 is 1.95 bits per heavy atom. The summed E-state index contributed by atoms with van der Waals surface area (Å²) in [6.45, 7) is 6.51. The summed E-state index contributed by atoms with van der Waals surface area (Å²) < 4.78 is 13.1. The second kappa shape index (κ2) is 8.55. The molecule has 0 saturated heterocycles. The van der Waals surface area contributed by atoms with Gasteiger partial charge in [0.25, 0.3) is 0 Å². The van der Waals surface area contributed by atoms with Crippen molar-refractivity contribution >= 4 is 11.6 Å². The van der Waals surface area contributed by atoms with Crippen LogP contribution in [0.2, 0.25) is 5.02 Å². The van der Waals surface area contributed by atoms with Crippen LogP contribution in [0.4, 0.5) is 4.39 Å². The fourth-order valence-electron chi connectivity index (χ4n) is 2.41. The van der Waals surface area contributed by atoms with E-state index < -0.39 is 0 Å². The Morgan fingerprint density at radius 3 is 2.53 bits per heavy atom. The van der Waals surface area contributed by atoms with Gasteiger partial charge in [-0.1, -0.05) is 50.8 Å². The lowest BCUT2D eigenvalue weighted by Gasteiger charge is -2.24. The molecule has 0 aliphatic heterocycles. The first-order chi connectivity index (χ1) is 9.08. The minimum atomic E-state index is -0.281. The topological polar surface area (TPSA) is 12.0 Å². The van der Waals surface area contributed by atoms with Crippen LogP contribution in [0, 0.1) is 5.82 Å². The third kappa shape index (κ3) is 5.50. The SMILES string of the molecule is CCCCC(CCC)NC(C)c1ccc(F)cc1Cl. The lowest BCUT2D eigenvalue weighted by Crippen LogP contribution is -2.31. The second-order valence-electron chi connectivity index (χ2n) is 5.18. The van der Waals surface area contributed by atoms with Crippen molar-refractivity contribution in [2.75, 3.05) is 0 Å². The highest BCUT2D eigenvalue weighted by molar-refractivity contribution is 6.31. The summed E-state index contributed by atoms with van der Waals surface area (Å²) in [5.41, 5.74) is 0.973. The van der Waals surface area contributed by atoms with Gasteiger partial charge < -0.3 is 5.32 Å². The number of nitrogens with one attached hydrogen (secondary N) is 1. The number of hydrogen-bond donors (Lipinski definition) is 1. The maximum atomic E-state index is 13.1. The average Bonchev–Trinajstić information content (AvgIpc) is 2.36. The summed E-state index contributed by atoms with van der Waals surface area (Å²) in [7, 11) is 0. The fourth-order valence-corrected chi connectivity index (χ4v) is 2.74. The van der Waals surface area contributed by atoms with Crippen molar-refractivity contribution < 1.29 is 4.39 Å². The van der Waals surface area contributed by atoms with Crippen LogP contribution in [0.5, 0.6) is 0 Å². The van der Waals surface area contributed by atoms with Crippen molar-refractivity contribution in [2.45, 2.75) is 65.0 Å². The van der Waals surface area contributed by atoms with Gasteiger partial charge in [0.1, 0.15) is 5.82 Å². The number of unbranched alkanes of at least 4 members (excludes halogenated alkanes) is 1. The molecule has 0 fully saturated rings. The van der Waals surface area contributed by atoms with Crippen molar-refractivity contribution in [1.82, 2.24) is 5.32 Å². The molecule has 2 atom stereocenters. The first-order valence-electron chi connectivity index (χ1n) is 7.29. The van der Waals surface area contributed by atoms with E-state index in [9.17, 15) is 4.39 Å². The zero-order valence-electron chi connectivity index (χ0n) is 12.2. The molecule has 0 heterocycles. The standard InChI is InChI=1S/C16H25ClFN/c1-4-6-8-14(7-5-2)19-12(3)15-10-9-13(18)11-16(15)17/h9-12,14,19H,4-8H2,1-3H3. The summed E-state index contributed by atoms with van der Waals surface area (Å²) >= 11 is 6.11.